The van der Waals surface area contributed by atoms with Gasteiger partial charge in [0.05, 0.1) is 20.8 Å². The molecule has 1 aromatic rings. The fourth-order valence-electron chi connectivity index (χ4n) is 1.23. The van der Waals surface area contributed by atoms with Gasteiger partial charge in [-0.05, 0) is 17.7 Å². The van der Waals surface area contributed by atoms with Crippen LogP contribution in [0.3, 0.4) is 0 Å². The Kier molecular flexibility index (Phi) is 3.93. The molecule has 82 valence electrons. The molecule has 0 spiro atoms. The van der Waals surface area contributed by atoms with Crippen LogP contribution in [0.15, 0.2) is 18.2 Å². The zero-order valence-corrected chi connectivity index (χ0v) is 8.77. The summed E-state index contributed by atoms with van der Waals surface area (Å²) in [6, 6.07) is 5.37. The molecule has 0 saturated heterocycles. The lowest BCUT2D eigenvalue weighted by Crippen LogP contribution is -2.28. The number of carbonyl (C=O) groups excluding carboxylic acids is 1. The molecule has 5 heteroatoms. The third-order valence-electron chi connectivity index (χ3n) is 1.95. The van der Waals surface area contributed by atoms with Crippen molar-refractivity contribution in [1.29, 1.82) is 0 Å². The number of amides is 1. The van der Waals surface area contributed by atoms with Crippen LogP contribution in [-0.2, 0) is 11.3 Å². The van der Waals surface area contributed by atoms with E-state index in [9.17, 15) is 4.79 Å². The molecule has 0 aromatic heterocycles. The van der Waals surface area contributed by atoms with E-state index in [0.29, 0.717) is 24.5 Å². The molecular weight excluding hydrogens is 196 g/mol. The lowest BCUT2D eigenvalue weighted by molar-refractivity contribution is -0.118. The molecular formula is C10H14N2O3. The van der Waals surface area contributed by atoms with Gasteiger partial charge in [0, 0.05) is 0 Å². The molecule has 0 heterocycles. The van der Waals surface area contributed by atoms with Crippen LogP contribution in [0.5, 0.6) is 11.5 Å². The van der Waals surface area contributed by atoms with Crippen LogP contribution >= 0.6 is 0 Å². The number of hydrazine groups is 1. The van der Waals surface area contributed by atoms with Crippen LogP contribution in [0.25, 0.3) is 0 Å². The molecule has 1 rings (SSSR count). The van der Waals surface area contributed by atoms with Crippen LogP contribution < -0.4 is 15.3 Å². The number of rotatable bonds is 5. The van der Waals surface area contributed by atoms with E-state index >= 15 is 0 Å². The van der Waals surface area contributed by atoms with Crippen LogP contribution in [-0.4, -0.2) is 25.6 Å². The number of benzene rings is 1. The Balaban J connectivity index is 2.87. The number of hydrogen-bond acceptors (Lipinski definition) is 4. The molecule has 0 aliphatic heterocycles. The van der Waals surface area contributed by atoms with Crippen molar-refractivity contribution in [3.8, 4) is 11.5 Å². The fraction of sp³-hybridized carbons (Fsp3) is 0.300. The van der Waals surface area contributed by atoms with Gasteiger partial charge in [-0.15, -0.1) is 0 Å². The van der Waals surface area contributed by atoms with Gasteiger partial charge in [-0.3, -0.25) is 9.80 Å². The number of methoxy groups -OCH3 is 2. The molecule has 0 aliphatic rings. The first-order valence-electron chi connectivity index (χ1n) is 4.38. The van der Waals surface area contributed by atoms with E-state index in [0.717, 1.165) is 10.6 Å². The standard InChI is InChI=1S/C10H14N2O3/c1-14-9-4-3-8(5-10(9)15-2)6-12(11)7-13/h3-5,7H,6,11H2,1-2H3. The number of nitrogens with zero attached hydrogens (tertiary/aromatic N) is 1. The topological polar surface area (TPSA) is 64.8 Å². The third kappa shape index (κ3) is 2.85. The second-order valence-electron chi connectivity index (χ2n) is 2.97. The minimum Gasteiger partial charge on any atom is -0.493 e. The van der Waals surface area contributed by atoms with Gasteiger partial charge in [0.1, 0.15) is 0 Å². The largest absolute Gasteiger partial charge is 0.493 e. The van der Waals surface area contributed by atoms with Crippen LogP contribution in [0, 0.1) is 0 Å². The molecule has 0 unspecified atom stereocenters. The van der Waals surface area contributed by atoms with Crippen molar-refractivity contribution in [2.45, 2.75) is 6.54 Å². The van der Waals surface area contributed by atoms with Crippen molar-refractivity contribution in [2.24, 2.45) is 5.84 Å². The zero-order valence-electron chi connectivity index (χ0n) is 8.77. The predicted molar refractivity (Wildman–Crippen MR) is 55.3 cm³/mol. The molecule has 0 fully saturated rings. The summed E-state index contributed by atoms with van der Waals surface area (Å²) in [6.07, 6.45) is 0.566. The summed E-state index contributed by atoms with van der Waals surface area (Å²) in [6.45, 7) is 0.337. The number of hydrogen-bond donors (Lipinski definition) is 1. The first-order valence-corrected chi connectivity index (χ1v) is 4.38. The minimum atomic E-state index is 0.337. The summed E-state index contributed by atoms with van der Waals surface area (Å²) < 4.78 is 10.2. The summed E-state index contributed by atoms with van der Waals surface area (Å²) in [5.41, 5.74) is 0.877. The number of nitrogens with two attached hydrogens (primary N) is 1. The maximum Gasteiger partial charge on any atom is 0.223 e. The van der Waals surface area contributed by atoms with Crippen molar-refractivity contribution in [3.05, 3.63) is 23.8 Å². The molecule has 0 aliphatic carbocycles. The molecule has 2 N–H and O–H groups in total. The summed E-state index contributed by atoms with van der Waals surface area (Å²) in [4.78, 5) is 10.3. The second kappa shape index (κ2) is 5.21. The van der Waals surface area contributed by atoms with E-state index in [1.807, 2.05) is 6.07 Å². The van der Waals surface area contributed by atoms with E-state index in [1.54, 1.807) is 26.4 Å². The molecule has 15 heavy (non-hydrogen) atoms. The van der Waals surface area contributed by atoms with Gasteiger partial charge in [0.15, 0.2) is 11.5 Å². The average molecular weight is 210 g/mol. The fourth-order valence-corrected chi connectivity index (χ4v) is 1.23. The Morgan fingerprint density at radius 1 is 1.33 bits per heavy atom. The van der Waals surface area contributed by atoms with Gasteiger partial charge in [-0.1, -0.05) is 6.07 Å². The zero-order chi connectivity index (χ0) is 11.3. The monoisotopic (exact) mass is 210 g/mol. The Morgan fingerprint density at radius 3 is 2.53 bits per heavy atom. The van der Waals surface area contributed by atoms with Gasteiger partial charge in [-0.25, -0.2) is 5.84 Å². The molecule has 0 radical (unpaired) electrons. The highest BCUT2D eigenvalue weighted by atomic mass is 16.5. The Labute approximate surface area is 88.3 Å². The second-order valence-corrected chi connectivity index (χ2v) is 2.97. The van der Waals surface area contributed by atoms with Gasteiger partial charge in [-0.2, -0.15) is 0 Å². The minimum absolute atomic E-state index is 0.337. The highest BCUT2D eigenvalue weighted by Gasteiger charge is 2.05. The maximum absolute atomic E-state index is 10.3. The smallest absolute Gasteiger partial charge is 0.223 e. The van der Waals surface area contributed by atoms with E-state index in [2.05, 4.69) is 0 Å². The van der Waals surface area contributed by atoms with Gasteiger partial charge >= 0.3 is 0 Å². The number of carbonyl (C=O) groups is 1. The van der Waals surface area contributed by atoms with Crippen molar-refractivity contribution in [1.82, 2.24) is 5.01 Å². The van der Waals surface area contributed by atoms with E-state index in [1.165, 1.54) is 0 Å². The Hall–Kier alpha value is -1.75. The normalized spacial score (nSPS) is 9.53. The summed E-state index contributed by atoms with van der Waals surface area (Å²) in [5.74, 6) is 6.63. The summed E-state index contributed by atoms with van der Waals surface area (Å²) >= 11 is 0. The molecule has 5 nitrogen and oxygen atoms in total. The van der Waals surface area contributed by atoms with Gasteiger partial charge in [0.25, 0.3) is 0 Å². The van der Waals surface area contributed by atoms with Crippen molar-refractivity contribution in [2.75, 3.05) is 14.2 Å². The summed E-state index contributed by atoms with van der Waals surface area (Å²) in [5, 5.41) is 1.06. The van der Waals surface area contributed by atoms with Crippen LogP contribution in [0.4, 0.5) is 0 Å². The maximum atomic E-state index is 10.3. The van der Waals surface area contributed by atoms with E-state index in [4.69, 9.17) is 15.3 Å². The van der Waals surface area contributed by atoms with Crippen molar-refractivity contribution >= 4 is 6.41 Å². The molecule has 0 bridgehead atoms. The molecule has 0 saturated carbocycles. The predicted octanol–water partition coefficient (Wildman–Crippen LogP) is 0.536. The summed E-state index contributed by atoms with van der Waals surface area (Å²) in [7, 11) is 3.12. The van der Waals surface area contributed by atoms with E-state index in [-0.39, 0.29) is 0 Å². The Bertz CT molecular complexity index is 341. The molecule has 0 atom stereocenters. The average Bonchev–Trinajstić information content (AvgIpc) is 2.28. The number of ether oxygens (including phenoxy) is 2. The van der Waals surface area contributed by atoms with Crippen LogP contribution in [0.2, 0.25) is 0 Å². The lowest BCUT2D eigenvalue weighted by Gasteiger charge is -2.12. The van der Waals surface area contributed by atoms with Crippen LogP contribution in [0.1, 0.15) is 5.56 Å². The van der Waals surface area contributed by atoms with Crippen molar-refractivity contribution in [3.63, 3.8) is 0 Å². The highest BCUT2D eigenvalue weighted by Crippen LogP contribution is 2.27. The van der Waals surface area contributed by atoms with E-state index < -0.39 is 0 Å². The third-order valence-corrected chi connectivity index (χ3v) is 1.95. The van der Waals surface area contributed by atoms with Gasteiger partial charge < -0.3 is 9.47 Å². The quantitative estimate of drug-likeness (QED) is 0.333. The first-order chi connectivity index (χ1) is 7.21. The lowest BCUT2D eigenvalue weighted by atomic mass is 10.2. The van der Waals surface area contributed by atoms with Gasteiger partial charge in [0.2, 0.25) is 6.41 Å². The molecule has 1 aromatic carbocycles. The van der Waals surface area contributed by atoms with Crippen molar-refractivity contribution < 1.29 is 14.3 Å². The Morgan fingerprint density at radius 2 is 2.00 bits per heavy atom. The SMILES string of the molecule is COc1ccc(CN(N)C=O)cc1OC. The highest BCUT2D eigenvalue weighted by molar-refractivity contribution is 5.47. The first kappa shape index (κ1) is 11.3. The molecule has 1 amide bonds.